The van der Waals surface area contributed by atoms with Gasteiger partial charge in [0.1, 0.15) is 0 Å². The minimum atomic E-state index is -0.704. The number of aliphatic carboxylic acids is 1. The molecule has 1 aromatic heterocycles. The molecule has 6 heteroatoms. The van der Waals surface area contributed by atoms with Crippen LogP contribution in [0, 0.1) is 18.8 Å². The molecule has 2 rings (SSSR count). The Morgan fingerprint density at radius 3 is 2.74 bits per heavy atom. The molecule has 2 unspecified atom stereocenters. The first-order valence-electron chi connectivity index (χ1n) is 6.45. The minimum absolute atomic E-state index is 0.181. The number of carboxylic acid groups (broad SMARTS) is 1. The standard InChI is InChI=1S/C13H21N3O3/c1-8-5-16(6-10(8)13(17)18)7-11-9(2)14-15(3)12(11)19-4/h8,10H,5-7H2,1-4H3,(H,17,18). The molecule has 2 heterocycles. The van der Waals surface area contributed by atoms with E-state index < -0.39 is 5.97 Å². The first kappa shape index (κ1) is 13.9. The van der Waals surface area contributed by atoms with E-state index in [0.717, 1.165) is 23.7 Å². The second-order valence-corrected chi connectivity index (χ2v) is 5.31. The number of likely N-dealkylation sites (tertiary alicyclic amines) is 1. The zero-order chi connectivity index (χ0) is 14.2. The quantitative estimate of drug-likeness (QED) is 0.877. The van der Waals surface area contributed by atoms with Gasteiger partial charge in [-0.3, -0.25) is 9.69 Å². The molecule has 106 valence electrons. The van der Waals surface area contributed by atoms with E-state index in [-0.39, 0.29) is 11.8 Å². The van der Waals surface area contributed by atoms with Crippen LogP contribution in [0.2, 0.25) is 0 Å². The lowest BCUT2D eigenvalue weighted by molar-refractivity contribution is -0.142. The van der Waals surface area contributed by atoms with Crippen LogP contribution >= 0.6 is 0 Å². The molecule has 1 aliphatic heterocycles. The van der Waals surface area contributed by atoms with Crippen LogP contribution < -0.4 is 4.74 Å². The van der Waals surface area contributed by atoms with E-state index in [2.05, 4.69) is 10.00 Å². The van der Waals surface area contributed by atoms with Crippen LogP contribution in [0.25, 0.3) is 0 Å². The van der Waals surface area contributed by atoms with Crippen molar-refractivity contribution in [3.05, 3.63) is 11.3 Å². The fraction of sp³-hybridized carbons (Fsp3) is 0.692. The van der Waals surface area contributed by atoms with Crippen molar-refractivity contribution < 1.29 is 14.6 Å². The summed E-state index contributed by atoms with van der Waals surface area (Å²) in [6.45, 7) is 6.03. The number of carbonyl (C=O) groups is 1. The van der Waals surface area contributed by atoms with Gasteiger partial charge in [0, 0.05) is 26.7 Å². The van der Waals surface area contributed by atoms with Crippen LogP contribution in [-0.2, 0) is 18.4 Å². The van der Waals surface area contributed by atoms with Crippen LogP contribution in [0.15, 0.2) is 0 Å². The predicted octanol–water partition coefficient (Wildman–Crippen LogP) is 0.890. The summed E-state index contributed by atoms with van der Waals surface area (Å²) < 4.78 is 7.09. The number of hydrogen-bond donors (Lipinski definition) is 1. The highest BCUT2D eigenvalue weighted by Gasteiger charge is 2.35. The van der Waals surface area contributed by atoms with Crippen molar-refractivity contribution in [2.45, 2.75) is 20.4 Å². The second-order valence-electron chi connectivity index (χ2n) is 5.31. The van der Waals surface area contributed by atoms with Gasteiger partial charge in [-0.2, -0.15) is 5.10 Å². The summed E-state index contributed by atoms with van der Waals surface area (Å²) in [6, 6.07) is 0. The van der Waals surface area contributed by atoms with E-state index in [1.807, 2.05) is 20.9 Å². The summed E-state index contributed by atoms with van der Waals surface area (Å²) in [4.78, 5) is 13.3. The molecule has 1 N–H and O–H groups in total. The van der Waals surface area contributed by atoms with Crippen molar-refractivity contribution >= 4 is 5.97 Å². The lowest BCUT2D eigenvalue weighted by Gasteiger charge is -2.15. The number of rotatable bonds is 4. The van der Waals surface area contributed by atoms with Crippen LogP contribution in [-0.4, -0.2) is 46.0 Å². The Hall–Kier alpha value is -1.56. The summed E-state index contributed by atoms with van der Waals surface area (Å²) >= 11 is 0. The molecule has 19 heavy (non-hydrogen) atoms. The summed E-state index contributed by atoms with van der Waals surface area (Å²) in [5.41, 5.74) is 1.98. The van der Waals surface area contributed by atoms with Gasteiger partial charge in [0.25, 0.3) is 0 Å². The maximum Gasteiger partial charge on any atom is 0.308 e. The Morgan fingerprint density at radius 2 is 2.21 bits per heavy atom. The van der Waals surface area contributed by atoms with Gasteiger partial charge in [-0.1, -0.05) is 6.92 Å². The van der Waals surface area contributed by atoms with E-state index in [9.17, 15) is 4.79 Å². The molecule has 0 aliphatic carbocycles. The first-order chi connectivity index (χ1) is 8.93. The van der Waals surface area contributed by atoms with Crippen molar-refractivity contribution in [2.24, 2.45) is 18.9 Å². The molecule has 2 atom stereocenters. The van der Waals surface area contributed by atoms with Gasteiger partial charge >= 0.3 is 5.97 Å². The molecule has 0 radical (unpaired) electrons. The van der Waals surface area contributed by atoms with E-state index >= 15 is 0 Å². The summed E-state index contributed by atoms with van der Waals surface area (Å²) in [5, 5.41) is 13.5. The van der Waals surface area contributed by atoms with Crippen LogP contribution in [0.5, 0.6) is 5.88 Å². The van der Waals surface area contributed by atoms with Gasteiger partial charge < -0.3 is 9.84 Å². The fourth-order valence-corrected chi connectivity index (χ4v) is 2.86. The number of methoxy groups -OCH3 is 1. The number of carboxylic acids is 1. The Labute approximate surface area is 113 Å². The third-order valence-electron chi connectivity index (χ3n) is 3.87. The largest absolute Gasteiger partial charge is 0.481 e. The van der Waals surface area contributed by atoms with Crippen molar-refractivity contribution in [3.8, 4) is 5.88 Å². The topological polar surface area (TPSA) is 67.6 Å². The average Bonchev–Trinajstić information content (AvgIpc) is 2.81. The Morgan fingerprint density at radius 1 is 1.53 bits per heavy atom. The number of ether oxygens (including phenoxy) is 1. The fourth-order valence-electron chi connectivity index (χ4n) is 2.86. The molecule has 1 aromatic rings. The molecule has 1 fully saturated rings. The normalized spacial score (nSPS) is 23.8. The van der Waals surface area contributed by atoms with Crippen molar-refractivity contribution in [1.29, 1.82) is 0 Å². The second kappa shape index (κ2) is 5.21. The van der Waals surface area contributed by atoms with Gasteiger partial charge in [0.2, 0.25) is 5.88 Å². The Bertz CT molecular complexity index is 484. The van der Waals surface area contributed by atoms with Crippen molar-refractivity contribution in [2.75, 3.05) is 20.2 Å². The lowest BCUT2D eigenvalue weighted by Crippen LogP contribution is -2.23. The molecule has 6 nitrogen and oxygen atoms in total. The molecule has 0 spiro atoms. The van der Waals surface area contributed by atoms with Gasteiger partial charge in [-0.25, -0.2) is 4.68 Å². The Balaban J connectivity index is 2.13. The van der Waals surface area contributed by atoms with E-state index in [1.54, 1.807) is 11.8 Å². The molecule has 0 bridgehead atoms. The molecule has 0 amide bonds. The summed E-state index contributed by atoms with van der Waals surface area (Å²) in [7, 11) is 3.48. The highest BCUT2D eigenvalue weighted by atomic mass is 16.5. The maximum atomic E-state index is 11.1. The SMILES string of the molecule is COc1c(CN2CC(C)C(C(=O)O)C2)c(C)nn1C. The molecule has 0 saturated carbocycles. The van der Waals surface area contributed by atoms with Crippen molar-refractivity contribution in [1.82, 2.24) is 14.7 Å². The van der Waals surface area contributed by atoms with Crippen LogP contribution in [0.1, 0.15) is 18.2 Å². The lowest BCUT2D eigenvalue weighted by atomic mass is 9.99. The smallest absolute Gasteiger partial charge is 0.308 e. The van der Waals surface area contributed by atoms with Crippen LogP contribution in [0.4, 0.5) is 0 Å². The van der Waals surface area contributed by atoms with E-state index in [1.165, 1.54) is 0 Å². The zero-order valence-electron chi connectivity index (χ0n) is 11.9. The van der Waals surface area contributed by atoms with Gasteiger partial charge in [0.05, 0.1) is 24.3 Å². The summed E-state index contributed by atoms with van der Waals surface area (Å²) in [5.74, 6) is -0.0442. The van der Waals surface area contributed by atoms with Crippen LogP contribution in [0.3, 0.4) is 0 Å². The summed E-state index contributed by atoms with van der Waals surface area (Å²) in [6.07, 6.45) is 0. The monoisotopic (exact) mass is 267 g/mol. The van der Waals surface area contributed by atoms with Gasteiger partial charge in [-0.05, 0) is 12.8 Å². The third-order valence-corrected chi connectivity index (χ3v) is 3.87. The Kier molecular flexibility index (Phi) is 3.80. The van der Waals surface area contributed by atoms with Gasteiger partial charge in [-0.15, -0.1) is 0 Å². The first-order valence-corrected chi connectivity index (χ1v) is 6.45. The van der Waals surface area contributed by atoms with Gasteiger partial charge in [0.15, 0.2) is 0 Å². The van der Waals surface area contributed by atoms with E-state index in [4.69, 9.17) is 9.84 Å². The predicted molar refractivity (Wildman–Crippen MR) is 70.1 cm³/mol. The molecule has 0 aromatic carbocycles. The highest BCUT2D eigenvalue weighted by molar-refractivity contribution is 5.71. The third kappa shape index (κ3) is 2.58. The number of aryl methyl sites for hydroxylation is 2. The molecule has 1 saturated heterocycles. The maximum absolute atomic E-state index is 11.1. The number of nitrogens with zero attached hydrogens (tertiary/aromatic N) is 3. The molecular weight excluding hydrogens is 246 g/mol. The number of aromatic nitrogens is 2. The minimum Gasteiger partial charge on any atom is -0.481 e. The highest BCUT2D eigenvalue weighted by Crippen LogP contribution is 2.28. The average molecular weight is 267 g/mol. The van der Waals surface area contributed by atoms with Crippen molar-refractivity contribution in [3.63, 3.8) is 0 Å². The zero-order valence-corrected chi connectivity index (χ0v) is 11.9. The molecular formula is C13H21N3O3. The molecule has 1 aliphatic rings. The number of hydrogen-bond acceptors (Lipinski definition) is 4. The van der Waals surface area contributed by atoms with E-state index in [0.29, 0.717) is 13.1 Å².